The second kappa shape index (κ2) is 6.14. The molecule has 0 amide bonds. The van der Waals surface area contributed by atoms with E-state index in [1.807, 2.05) is 24.3 Å². The van der Waals surface area contributed by atoms with Gasteiger partial charge in [0.2, 0.25) is 0 Å². The molecule has 0 bridgehead atoms. The van der Waals surface area contributed by atoms with Gasteiger partial charge in [-0.25, -0.2) is 9.97 Å². The molecule has 0 radical (unpaired) electrons. The van der Waals surface area contributed by atoms with Gasteiger partial charge in [0.1, 0.15) is 22.7 Å². The minimum Gasteiger partial charge on any atom is -0.497 e. The topological polar surface area (TPSA) is 103 Å². The van der Waals surface area contributed by atoms with E-state index in [2.05, 4.69) is 15.3 Å². The van der Waals surface area contributed by atoms with Crippen LogP contribution in [0.5, 0.6) is 5.75 Å². The Morgan fingerprint density at radius 2 is 2.00 bits per heavy atom. The van der Waals surface area contributed by atoms with Gasteiger partial charge in [0.25, 0.3) is 0 Å². The van der Waals surface area contributed by atoms with Crippen LogP contribution in [0, 0.1) is 10.1 Å². The van der Waals surface area contributed by atoms with Gasteiger partial charge < -0.3 is 14.5 Å². The number of anilines is 2. The molecule has 2 aromatic heterocycles. The van der Waals surface area contributed by atoms with Crippen LogP contribution < -0.4 is 10.1 Å². The molecule has 0 spiro atoms. The van der Waals surface area contributed by atoms with E-state index in [9.17, 15) is 10.1 Å². The van der Waals surface area contributed by atoms with Gasteiger partial charge >= 0.3 is 5.88 Å². The SMILES string of the molecule is COc1ccc(Nc2cncnc2-c2ccc([N+](=O)[O-])o2)cc1. The molecule has 0 saturated heterocycles. The Hall–Kier alpha value is -3.42. The summed E-state index contributed by atoms with van der Waals surface area (Å²) in [6, 6.07) is 10.1. The third-order valence-electron chi connectivity index (χ3n) is 3.09. The summed E-state index contributed by atoms with van der Waals surface area (Å²) in [5.74, 6) is 0.686. The van der Waals surface area contributed by atoms with E-state index in [1.165, 1.54) is 18.5 Å². The van der Waals surface area contributed by atoms with E-state index in [0.717, 1.165) is 11.4 Å². The number of methoxy groups -OCH3 is 1. The van der Waals surface area contributed by atoms with Crippen LogP contribution in [0.3, 0.4) is 0 Å². The first kappa shape index (κ1) is 14.5. The molecular formula is C15H12N4O4. The molecule has 8 heteroatoms. The van der Waals surface area contributed by atoms with E-state index in [-0.39, 0.29) is 11.6 Å². The molecule has 3 aromatic rings. The Kier molecular flexibility index (Phi) is 3.88. The highest BCUT2D eigenvalue weighted by atomic mass is 16.6. The molecule has 0 fully saturated rings. The lowest BCUT2D eigenvalue weighted by molar-refractivity contribution is -0.401. The summed E-state index contributed by atoms with van der Waals surface area (Å²) >= 11 is 0. The van der Waals surface area contributed by atoms with E-state index >= 15 is 0 Å². The number of furan rings is 1. The number of nitrogens with zero attached hydrogens (tertiary/aromatic N) is 3. The molecule has 1 N–H and O–H groups in total. The highest BCUT2D eigenvalue weighted by Gasteiger charge is 2.17. The summed E-state index contributed by atoms with van der Waals surface area (Å²) in [5.41, 5.74) is 1.80. The first-order valence-electron chi connectivity index (χ1n) is 6.63. The van der Waals surface area contributed by atoms with Crippen LogP contribution in [0.4, 0.5) is 17.3 Å². The minimum atomic E-state index is -0.596. The van der Waals surface area contributed by atoms with Crippen molar-refractivity contribution in [3.05, 3.63) is 59.0 Å². The van der Waals surface area contributed by atoms with Crippen LogP contribution in [-0.4, -0.2) is 22.0 Å². The molecule has 0 aliphatic heterocycles. The molecule has 3 rings (SSSR count). The highest BCUT2D eigenvalue weighted by molar-refractivity contribution is 5.75. The molecular weight excluding hydrogens is 300 g/mol. The van der Waals surface area contributed by atoms with Crippen LogP contribution in [-0.2, 0) is 0 Å². The fourth-order valence-corrected chi connectivity index (χ4v) is 2.00. The van der Waals surface area contributed by atoms with E-state index in [4.69, 9.17) is 9.15 Å². The molecule has 0 unspecified atom stereocenters. The van der Waals surface area contributed by atoms with E-state index in [1.54, 1.807) is 13.3 Å². The van der Waals surface area contributed by atoms with Gasteiger partial charge in [-0.15, -0.1) is 0 Å². The number of hydrogen-bond acceptors (Lipinski definition) is 7. The Morgan fingerprint density at radius 3 is 2.65 bits per heavy atom. The lowest BCUT2D eigenvalue weighted by Crippen LogP contribution is -1.96. The normalized spacial score (nSPS) is 10.3. The summed E-state index contributed by atoms with van der Waals surface area (Å²) in [4.78, 5) is 18.2. The predicted octanol–water partition coefficient (Wildman–Crippen LogP) is 3.40. The first-order chi connectivity index (χ1) is 11.2. The van der Waals surface area contributed by atoms with Gasteiger partial charge in [-0.05, 0) is 30.3 Å². The number of benzene rings is 1. The quantitative estimate of drug-likeness (QED) is 0.568. The lowest BCUT2D eigenvalue weighted by atomic mass is 10.2. The number of aromatic nitrogens is 2. The fourth-order valence-electron chi connectivity index (χ4n) is 2.00. The standard InChI is InChI=1S/C15H12N4O4/c1-22-11-4-2-10(3-5-11)18-12-8-16-9-17-15(12)13-6-7-14(23-13)19(20)21/h2-9,18H,1H3. The zero-order valence-corrected chi connectivity index (χ0v) is 12.1. The van der Waals surface area contributed by atoms with Crippen molar-refractivity contribution >= 4 is 17.3 Å². The maximum Gasteiger partial charge on any atom is 0.433 e. The third kappa shape index (κ3) is 3.10. The van der Waals surface area contributed by atoms with Crippen molar-refractivity contribution in [1.29, 1.82) is 0 Å². The van der Waals surface area contributed by atoms with Crippen LogP contribution in [0.15, 0.2) is 53.3 Å². The average Bonchev–Trinajstić information content (AvgIpc) is 3.06. The summed E-state index contributed by atoms with van der Waals surface area (Å²) < 4.78 is 10.3. The largest absolute Gasteiger partial charge is 0.497 e. The van der Waals surface area contributed by atoms with Crippen LogP contribution in [0.2, 0.25) is 0 Å². The summed E-state index contributed by atoms with van der Waals surface area (Å²) in [6.07, 6.45) is 2.92. The maximum atomic E-state index is 10.7. The van der Waals surface area contributed by atoms with Crippen molar-refractivity contribution in [3.8, 4) is 17.2 Å². The molecule has 8 nitrogen and oxygen atoms in total. The monoisotopic (exact) mass is 312 g/mol. The molecule has 1 aromatic carbocycles. The molecule has 23 heavy (non-hydrogen) atoms. The van der Waals surface area contributed by atoms with Gasteiger partial charge in [-0.3, -0.25) is 10.1 Å². The van der Waals surface area contributed by atoms with Crippen molar-refractivity contribution < 1.29 is 14.1 Å². The van der Waals surface area contributed by atoms with Crippen molar-refractivity contribution in [2.24, 2.45) is 0 Å². The Balaban J connectivity index is 1.91. The summed E-state index contributed by atoms with van der Waals surface area (Å²) in [7, 11) is 1.59. The van der Waals surface area contributed by atoms with Crippen molar-refractivity contribution in [3.63, 3.8) is 0 Å². The third-order valence-corrected chi connectivity index (χ3v) is 3.09. The van der Waals surface area contributed by atoms with Gasteiger partial charge in [0.15, 0.2) is 5.76 Å². The lowest BCUT2D eigenvalue weighted by Gasteiger charge is -2.09. The zero-order valence-electron chi connectivity index (χ0n) is 12.1. The van der Waals surface area contributed by atoms with E-state index in [0.29, 0.717) is 11.4 Å². The number of hydrogen-bond donors (Lipinski definition) is 1. The molecule has 0 aliphatic rings. The second-order valence-corrected chi connectivity index (χ2v) is 4.53. The van der Waals surface area contributed by atoms with E-state index < -0.39 is 4.92 Å². The van der Waals surface area contributed by atoms with Crippen molar-refractivity contribution in [2.45, 2.75) is 0 Å². The van der Waals surface area contributed by atoms with Gasteiger partial charge in [-0.2, -0.15) is 0 Å². The number of ether oxygens (including phenoxy) is 1. The highest BCUT2D eigenvalue weighted by Crippen LogP contribution is 2.31. The predicted molar refractivity (Wildman–Crippen MR) is 82.7 cm³/mol. The number of nitrogens with one attached hydrogen (secondary N) is 1. The summed E-state index contributed by atoms with van der Waals surface area (Å²) in [6.45, 7) is 0. The Bertz CT molecular complexity index is 830. The minimum absolute atomic E-state index is 0.287. The van der Waals surface area contributed by atoms with Crippen LogP contribution in [0.25, 0.3) is 11.5 Å². The Labute approximate surface area is 130 Å². The second-order valence-electron chi connectivity index (χ2n) is 4.53. The number of rotatable bonds is 5. The molecule has 116 valence electrons. The first-order valence-corrected chi connectivity index (χ1v) is 6.63. The molecule has 0 atom stereocenters. The van der Waals surface area contributed by atoms with Crippen molar-refractivity contribution in [2.75, 3.05) is 12.4 Å². The molecule has 0 aliphatic carbocycles. The summed E-state index contributed by atoms with van der Waals surface area (Å²) in [5, 5.41) is 13.9. The van der Waals surface area contributed by atoms with Gasteiger partial charge in [-0.1, -0.05) is 0 Å². The van der Waals surface area contributed by atoms with Crippen LogP contribution >= 0.6 is 0 Å². The zero-order chi connectivity index (χ0) is 16.2. The smallest absolute Gasteiger partial charge is 0.433 e. The Morgan fingerprint density at radius 1 is 1.22 bits per heavy atom. The molecule has 0 saturated carbocycles. The van der Waals surface area contributed by atoms with Gasteiger partial charge in [0, 0.05) is 5.69 Å². The van der Waals surface area contributed by atoms with Crippen LogP contribution in [0.1, 0.15) is 0 Å². The average molecular weight is 312 g/mol. The van der Waals surface area contributed by atoms with Crippen molar-refractivity contribution in [1.82, 2.24) is 9.97 Å². The molecule has 2 heterocycles. The van der Waals surface area contributed by atoms with Gasteiger partial charge in [0.05, 0.1) is 25.1 Å². The maximum absolute atomic E-state index is 10.7. The number of nitro groups is 1. The fraction of sp³-hybridized carbons (Fsp3) is 0.0667.